The van der Waals surface area contributed by atoms with E-state index < -0.39 is 42.6 Å². The third-order valence-corrected chi connectivity index (χ3v) is 2.91. The summed E-state index contributed by atoms with van der Waals surface area (Å²) in [7, 11) is 0. The highest BCUT2D eigenvalue weighted by Gasteiger charge is 2.47. The lowest BCUT2D eigenvalue weighted by molar-refractivity contribution is -0.284. The van der Waals surface area contributed by atoms with Gasteiger partial charge in [0.25, 0.3) is 0 Å². The van der Waals surface area contributed by atoms with Crippen LogP contribution in [-0.4, -0.2) is 58.2 Å². The normalized spacial score (nSPS) is 35.9. The Balaban J connectivity index is 2.85. The first kappa shape index (κ1) is 15.4. The van der Waals surface area contributed by atoms with Gasteiger partial charge < -0.3 is 24.4 Å². The summed E-state index contributed by atoms with van der Waals surface area (Å²) in [5.41, 5.74) is 0. The third-order valence-electron chi connectivity index (χ3n) is 2.45. The lowest BCUT2D eigenvalue weighted by Gasteiger charge is -2.40. The molecule has 5 atom stereocenters. The van der Waals surface area contributed by atoms with Crippen molar-refractivity contribution >= 4 is 27.9 Å². The van der Waals surface area contributed by atoms with Crippen LogP contribution in [0.25, 0.3) is 0 Å². The molecule has 0 bridgehead atoms. The summed E-state index contributed by atoms with van der Waals surface area (Å²) in [5, 5.41) is 19.1. The highest BCUT2D eigenvalue weighted by molar-refractivity contribution is 9.09. The fraction of sp³-hybridized carbons (Fsp3) is 0.800. The highest BCUT2D eigenvalue weighted by Crippen LogP contribution is 2.25. The van der Waals surface area contributed by atoms with Gasteiger partial charge in [0.15, 0.2) is 18.5 Å². The molecule has 8 heteroatoms. The minimum atomic E-state index is -1.50. The van der Waals surface area contributed by atoms with Crippen molar-refractivity contribution in [2.75, 3.05) is 5.33 Å². The largest absolute Gasteiger partial charge is 0.456 e. The quantitative estimate of drug-likeness (QED) is 0.523. The monoisotopic (exact) mass is 326 g/mol. The fourth-order valence-electron chi connectivity index (χ4n) is 1.68. The zero-order valence-corrected chi connectivity index (χ0v) is 11.5. The molecule has 1 unspecified atom stereocenters. The van der Waals surface area contributed by atoms with Crippen molar-refractivity contribution in [3.05, 3.63) is 0 Å². The Labute approximate surface area is 112 Å². The van der Waals surface area contributed by atoms with E-state index in [0.717, 1.165) is 0 Å². The fourth-order valence-corrected chi connectivity index (χ4v) is 1.81. The van der Waals surface area contributed by atoms with Crippen LogP contribution in [0.2, 0.25) is 0 Å². The first-order valence-corrected chi connectivity index (χ1v) is 6.43. The Hall–Kier alpha value is -0.700. The van der Waals surface area contributed by atoms with Gasteiger partial charge in [-0.1, -0.05) is 15.9 Å². The van der Waals surface area contributed by atoms with Crippen molar-refractivity contribution < 1.29 is 34.0 Å². The summed E-state index contributed by atoms with van der Waals surface area (Å²) in [6.07, 6.45) is -5.82. The molecule has 7 nitrogen and oxygen atoms in total. The van der Waals surface area contributed by atoms with Crippen molar-refractivity contribution in [1.29, 1.82) is 0 Å². The molecule has 0 aromatic heterocycles. The number of ether oxygens (including phenoxy) is 3. The van der Waals surface area contributed by atoms with E-state index in [2.05, 4.69) is 15.9 Å². The number of aliphatic hydroxyl groups excluding tert-OH is 2. The molecule has 104 valence electrons. The van der Waals surface area contributed by atoms with Gasteiger partial charge in [0.05, 0.1) is 6.10 Å². The van der Waals surface area contributed by atoms with Crippen LogP contribution in [0.5, 0.6) is 0 Å². The topological polar surface area (TPSA) is 102 Å². The van der Waals surface area contributed by atoms with Gasteiger partial charge in [0.2, 0.25) is 0 Å². The second-order valence-electron chi connectivity index (χ2n) is 3.88. The molecule has 0 aliphatic carbocycles. The molecule has 0 saturated carbocycles. The van der Waals surface area contributed by atoms with Crippen molar-refractivity contribution in [3.63, 3.8) is 0 Å². The maximum atomic E-state index is 11.2. The van der Waals surface area contributed by atoms with E-state index in [-0.39, 0.29) is 5.33 Å². The van der Waals surface area contributed by atoms with Gasteiger partial charge in [-0.25, -0.2) is 0 Å². The summed E-state index contributed by atoms with van der Waals surface area (Å²) >= 11 is 2.90. The lowest BCUT2D eigenvalue weighted by Crippen LogP contribution is -2.59. The van der Waals surface area contributed by atoms with E-state index in [9.17, 15) is 19.8 Å². The molecular weight excluding hydrogens is 312 g/mol. The Morgan fingerprint density at radius 2 is 1.89 bits per heavy atom. The summed E-state index contributed by atoms with van der Waals surface area (Å²) < 4.78 is 14.9. The minimum absolute atomic E-state index is 0.0751. The summed E-state index contributed by atoms with van der Waals surface area (Å²) in [6, 6.07) is 0. The Bertz CT molecular complexity index is 321. The highest BCUT2D eigenvalue weighted by atomic mass is 79.9. The number of carbonyl (C=O) groups excluding carboxylic acids is 2. The summed E-state index contributed by atoms with van der Waals surface area (Å²) in [6.45, 7) is 2.73. The van der Waals surface area contributed by atoms with Gasteiger partial charge in [-0.2, -0.15) is 0 Å². The van der Waals surface area contributed by atoms with E-state index in [0.29, 0.717) is 0 Å². The van der Waals surface area contributed by atoms with Crippen LogP contribution in [0.15, 0.2) is 0 Å². The molecule has 1 rings (SSSR count). The van der Waals surface area contributed by atoms with Crippen molar-refractivity contribution in [2.45, 2.75) is 44.6 Å². The Morgan fingerprint density at radius 3 is 2.39 bits per heavy atom. The molecule has 1 aliphatic rings. The number of aliphatic hydroxyl groups is 2. The first-order valence-electron chi connectivity index (χ1n) is 5.31. The van der Waals surface area contributed by atoms with Crippen LogP contribution in [0.1, 0.15) is 13.8 Å². The van der Waals surface area contributed by atoms with Crippen LogP contribution in [0, 0.1) is 0 Å². The number of rotatable bonds is 3. The zero-order chi connectivity index (χ0) is 13.9. The smallest absolute Gasteiger partial charge is 0.317 e. The van der Waals surface area contributed by atoms with E-state index in [1.54, 1.807) is 0 Å². The molecule has 0 aromatic rings. The van der Waals surface area contributed by atoms with E-state index in [1.165, 1.54) is 13.8 Å². The number of halogens is 1. The number of hydrogen-bond donors (Lipinski definition) is 2. The van der Waals surface area contributed by atoms with Gasteiger partial charge in [-0.3, -0.25) is 9.59 Å². The van der Waals surface area contributed by atoms with Crippen molar-refractivity contribution in [1.82, 2.24) is 0 Å². The Kier molecular flexibility index (Phi) is 5.51. The predicted octanol–water partition coefficient (Wildman–Crippen LogP) is -0.677. The molecule has 0 aromatic carbocycles. The molecule has 1 saturated heterocycles. The molecule has 0 spiro atoms. The second-order valence-corrected chi connectivity index (χ2v) is 4.45. The van der Waals surface area contributed by atoms with Crippen molar-refractivity contribution in [2.24, 2.45) is 0 Å². The molecule has 1 aliphatic heterocycles. The number of alkyl halides is 1. The maximum absolute atomic E-state index is 11.2. The number of hydrogen-bond acceptors (Lipinski definition) is 7. The second kappa shape index (κ2) is 6.46. The number of carbonyl (C=O) groups is 2. The standard InChI is InChI=1S/C10H15BrO7/c1-4-8(17-5(2)12)9(18-6(13)3-11)7(14)10(15)16-4/h4,7-10,14-15H,3H2,1-2H3/t4-,7-,8+,9-,10?/m1/s1. The van der Waals surface area contributed by atoms with Gasteiger partial charge in [0.1, 0.15) is 11.4 Å². The summed E-state index contributed by atoms with van der Waals surface area (Å²) in [4.78, 5) is 22.2. The van der Waals surface area contributed by atoms with Crippen LogP contribution in [0.3, 0.4) is 0 Å². The lowest BCUT2D eigenvalue weighted by atomic mass is 9.99. The van der Waals surface area contributed by atoms with E-state index in [1.807, 2.05) is 0 Å². The predicted molar refractivity (Wildman–Crippen MR) is 61.8 cm³/mol. The zero-order valence-electron chi connectivity index (χ0n) is 9.91. The van der Waals surface area contributed by atoms with Gasteiger partial charge >= 0.3 is 11.9 Å². The first-order chi connectivity index (χ1) is 8.36. The Morgan fingerprint density at radius 1 is 1.28 bits per heavy atom. The van der Waals surface area contributed by atoms with Crippen LogP contribution in [-0.2, 0) is 23.8 Å². The molecule has 1 heterocycles. The molecular formula is C10H15BrO7. The summed E-state index contributed by atoms with van der Waals surface area (Å²) in [5.74, 6) is -1.24. The maximum Gasteiger partial charge on any atom is 0.317 e. The van der Waals surface area contributed by atoms with Gasteiger partial charge in [0, 0.05) is 6.92 Å². The van der Waals surface area contributed by atoms with Gasteiger partial charge in [-0.05, 0) is 6.92 Å². The molecule has 1 fully saturated rings. The minimum Gasteiger partial charge on any atom is -0.456 e. The molecule has 18 heavy (non-hydrogen) atoms. The molecule has 2 N–H and O–H groups in total. The number of esters is 2. The van der Waals surface area contributed by atoms with Gasteiger partial charge in [-0.15, -0.1) is 0 Å². The average Bonchev–Trinajstić information content (AvgIpc) is 2.29. The third kappa shape index (κ3) is 3.64. The van der Waals surface area contributed by atoms with E-state index >= 15 is 0 Å². The van der Waals surface area contributed by atoms with Crippen LogP contribution in [0.4, 0.5) is 0 Å². The van der Waals surface area contributed by atoms with E-state index in [4.69, 9.17) is 14.2 Å². The van der Waals surface area contributed by atoms with Crippen LogP contribution < -0.4 is 0 Å². The average molecular weight is 327 g/mol. The molecule has 0 amide bonds. The van der Waals surface area contributed by atoms with Crippen LogP contribution >= 0.6 is 15.9 Å². The molecule has 0 radical (unpaired) electrons. The SMILES string of the molecule is CC(=O)O[C@@H]1[C@H](OC(=O)CBr)[C@@H](O)C(O)O[C@@H]1C. The van der Waals surface area contributed by atoms with Crippen molar-refractivity contribution in [3.8, 4) is 0 Å².